The largest absolute Gasteiger partial charge is 0.387 e. The molecule has 1 aromatic carbocycles. The fourth-order valence-corrected chi connectivity index (χ4v) is 3.10. The van der Waals surface area contributed by atoms with Crippen molar-refractivity contribution < 1.29 is 5.11 Å². The second-order valence-electron chi connectivity index (χ2n) is 4.85. The summed E-state index contributed by atoms with van der Waals surface area (Å²) >= 11 is 3.46. The number of hydrogen-bond donors (Lipinski definition) is 1. The molecule has 1 aliphatic rings. The van der Waals surface area contributed by atoms with E-state index in [-0.39, 0.29) is 6.04 Å². The summed E-state index contributed by atoms with van der Waals surface area (Å²) in [5.41, 5.74) is 0.991. The number of halogens is 1. The van der Waals surface area contributed by atoms with Crippen LogP contribution in [-0.4, -0.2) is 29.1 Å². The lowest BCUT2D eigenvalue weighted by molar-refractivity contribution is 0.0317. The van der Waals surface area contributed by atoms with Crippen molar-refractivity contribution in [1.82, 2.24) is 4.90 Å². The van der Waals surface area contributed by atoms with E-state index < -0.39 is 6.10 Å². The van der Waals surface area contributed by atoms with Crippen molar-refractivity contribution in [2.75, 3.05) is 13.1 Å². The van der Waals surface area contributed by atoms with Crippen LogP contribution in [0.15, 0.2) is 41.4 Å². The van der Waals surface area contributed by atoms with E-state index in [1.165, 1.54) is 12.8 Å². The Hall–Kier alpha value is -0.640. The molecule has 1 saturated heterocycles. The van der Waals surface area contributed by atoms with Gasteiger partial charge in [-0.15, -0.1) is 6.58 Å². The summed E-state index contributed by atoms with van der Waals surface area (Å²) < 4.78 is 1.02. The first-order valence-corrected chi connectivity index (χ1v) is 7.30. The maximum atomic E-state index is 10.6. The highest BCUT2D eigenvalue weighted by Gasteiger charge is 2.28. The first-order valence-electron chi connectivity index (χ1n) is 6.51. The van der Waals surface area contributed by atoms with Gasteiger partial charge in [0.2, 0.25) is 0 Å². The van der Waals surface area contributed by atoms with E-state index in [0.29, 0.717) is 0 Å². The highest BCUT2D eigenvalue weighted by atomic mass is 79.9. The normalized spacial score (nSPS) is 22.7. The number of hydrogen-bond acceptors (Lipinski definition) is 2. The fraction of sp³-hybridized carbons (Fsp3) is 0.467. The maximum Gasteiger partial charge on any atom is 0.0945 e. The summed E-state index contributed by atoms with van der Waals surface area (Å²) in [6.45, 7) is 5.72. The van der Waals surface area contributed by atoms with Crippen molar-refractivity contribution in [1.29, 1.82) is 0 Å². The molecule has 1 fully saturated rings. The zero-order chi connectivity index (χ0) is 13.0. The molecule has 1 aromatic rings. The molecule has 3 heteroatoms. The summed E-state index contributed by atoms with van der Waals surface area (Å²) in [4.78, 5) is 2.34. The molecule has 0 spiro atoms. The van der Waals surface area contributed by atoms with E-state index in [4.69, 9.17) is 0 Å². The molecule has 0 aromatic heterocycles. The van der Waals surface area contributed by atoms with E-state index in [1.54, 1.807) is 0 Å². The van der Waals surface area contributed by atoms with Crippen LogP contribution in [0.1, 0.15) is 30.9 Å². The molecular formula is C15H20BrNO. The molecule has 1 aliphatic heterocycles. The third-order valence-electron chi connectivity index (χ3n) is 3.58. The van der Waals surface area contributed by atoms with Gasteiger partial charge in [-0.1, -0.05) is 40.6 Å². The van der Waals surface area contributed by atoms with Crippen molar-refractivity contribution >= 4 is 15.9 Å². The Balaban J connectivity index is 2.14. The number of aliphatic hydroxyl groups is 1. The van der Waals surface area contributed by atoms with Gasteiger partial charge in [0.15, 0.2) is 0 Å². The van der Waals surface area contributed by atoms with Crippen LogP contribution < -0.4 is 0 Å². The smallest absolute Gasteiger partial charge is 0.0945 e. The van der Waals surface area contributed by atoms with Gasteiger partial charge in [-0.2, -0.15) is 0 Å². The predicted molar refractivity (Wildman–Crippen MR) is 78.5 cm³/mol. The number of rotatable bonds is 4. The minimum atomic E-state index is -0.414. The molecule has 1 N–H and O–H groups in total. The Morgan fingerprint density at radius 1 is 1.50 bits per heavy atom. The molecule has 2 rings (SSSR count). The second-order valence-corrected chi connectivity index (χ2v) is 5.76. The monoisotopic (exact) mass is 309 g/mol. The lowest BCUT2D eigenvalue weighted by atomic mass is 9.93. The zero-order valence-electron chi connectivity index (χ0n) is 10.6. The molecule has 0 saturated carbocycles. The van der Waals surface area contributed by atoms with Gasteiger partial charge >= 0.3 is 0 Å². The molecule has 18 heavy (non-hydrogen) atoms. The zero-order valence-corrected chi connectivity index (χ0v) is 12.1. The van der Waals surface area contributed by atoms with Gasteiger partial charge < -0.3 is 5.11 Å². The van der Waals surface area contributed by atoms with Gasteiger partial charge in [-0.3, -0.25) is 4.90 Å². The van der Waals surface area contributed by atoms with Crippen LogP contribution >= 0.6 is 15.9 Å². The minimum Gasteiger partial charge on any atom is -0.387 e. The van der Waals surface area contributed by atoms with Gasteiger partial charge in [-0.25, -0.2) is 0 Å². The van der Waals surface area contributed by atoms with Crippen LogP contribution in [0, 0.1) is 0 Å². The number of piperidine rings is 1. The third-order valence-corrected chi connectivity index (χ3v) is 4.08. The minimum absolute atomic E-state index is 0.214. The molecule has 2 nitrogen and oxygen atoms in total. The van der Waals surface area contributed by atoms with Crippen molar-refractivity contribution in [2.45, 2.75) is 31.4 Å². The molecule has 0 radical (unpaired) electrons. The van der Waals surface area contributed by atoms with Gasteiger partial charge in [0.25, 0.3) is 0 Å². The van der Waals surface area contributed by atoms with Crippen molar-refractivity contribution in [3.63, 3.8) is 0 Å². The van der Waals surface area contributed by atoms with Crippen LogP contribution in [0.2, 0.25) is 0 Å². The topological polar surface area (TPSA) is 23.5 Å². The number of aliphatic hydroxyl groups excluding tert-OH is 1. The Labute approximate surface area is 117 Å². The van der Waals surface area contributed by atoms with Crippen LogP contribution in [0.3, 0.4) is 0 Å². The predicted octanol–water partition coefficient (Wildman–Crippen LogP) is 3.52. The van der Waals surface area contributed by atoms with Crippen LogP contribution in [0.25, 0.3) is 0 Å². The summed E-state index contributed by atoms with van der Waals surface area (Å²) in [5, 5.41) is 10.6. The lowest BCUT2D eigenvalue weighted by Gasteiger charge is -2.38. The summed E-state index contributed by atoms with van der Waals surface area (Å²) in [5.74, 6) is 0. The standard InChI is InChI=1S/C15H20BrNO/c1-2-9-17-10-4-3-8-14(17)15(18)12-6-5-7-13(16)11-12/h2,5-7,11,14-15,18H,1,3-4,8-10H2/t14-,15?/m0/s1. The van der Waals surface area contributed by atoms with Crippen molar-refractivity contribution in [2.24, 2.45) is 0 Å². The Kier molecular flexibility index (Phi) is 4.98. The SMILES string of the molecule is C=CCN1CCCC[C@H]1C(O)c1cccc(Br)c1. The molecule has 0 bridgehead atoms. The van der Waals surface area contributed by atoms with E-state index in [1.807, 2.05) is 30.3 Å². The molecule has 1 heterocycles. The van der Waals surface area contributed by atoms with Crippen LogP contribution in [0.4, 0.5) is 0 Å². The van der Waals surface area contributed by atoms with Gasteiger partial charge in [0.1, 0.15) is 0 Å². The van der Waals surface area contributed by atoms with E-state index in [0.717, 1.165) is 29.5 Å². The molecule has 1 unspecified atom stereocenters. The van der Waals surface area contributed by atoms with Crippen molar-refractivity contribution in [3.8, 4) is 0 Å². The second kappa shape index (κ2) is 6.50. The number of benzene rings is 1. The van der Waals surface area contributed by atoms with Crippen LogP contribution in [-0.2, 0) is 0 Å². The van der Waals surface area contributed by atoms with E-state index >= 15 is 0 Å². The molecule has 0 amide bonds. The van der Waals surface area contributed by atoms with Crippen molar-refractivity contribution in [3.05, 3.63) is 47.0 Å². The molecule has 2 atom stereocenters. The first kappa shape index (κ1) is 13.8. The summed E-state index contributed by atoms with van der Waals surface area (Å²) in [6.07, 6.45) is 4.98. The third kappa shape index (κ3) is 3.22. The summed E-state index contributed by atoms with van der Waals surface area (Å²) in [6, 6.07) is 8.18. The highest BCUT2D eigenvalue weighted by Crippen LogP contribution is 2.29. The fourth-order valence-electron chi connectivity index (χ4n) is 2.68. The Morgan fingerprint density at radius 3 is 3.06 bits per heavy atom. The van der Waals surface area contributed by atoms with Gasteiger partial charge in [0, 0.05) is 17.1 Å². The Morgan fingerprint density at radius 2 is 2.33 bits per heavy atom. The quantitative estimate of drug-likeness (QED) is 0.860. The number of likely N-dealkylation sites (tertiary alicyclic amines) is 1. The summed E-state index contributed by atoms with van der Waals surface area (Å²) in [7, 11) is 0. The molecule has 98 valence electrons. The Bertz CT molecular complexity index is 407. The maximum absolute atomic E-state index is 10.6. The van der Waals surface area contributed by atoms with E-state index in [9.17, 15) is 5.11 Å². The highest BCUT2D eigenvalue weighted by molar-refractivity contribution is 9.10. The van der Waals surface area contributed by atoms with E-state index in [2.05, 4.69) is 27.4 Å². The number of nitrogens with zero attached hydrogens (tertiary/aromatic N) is 1. The first-order chi connectivity index (χ1) is 8.72. The molecule has 0 aliphatic carbocycles. The van der Waals surface area contributed by atoms with Gasteiger partial charge in [0.05, 0.1) is 6.10 Å². The molecular weight excluding hydrogens is 290 g/mol. The van der Waals surface area contributed by atoms with Gasteiger partial charge in [-0.05, 0) is 37.1 Å². The average molecular weight is 310 g/mol. The average Bonchev–Trinajstić information content (AvgIpc) is 2.39. The lowest BCUT2D eigenvalue weighted by Crippen LogP contribution is -2.43. The van der Waals surface area contributed by atoms with Crippen LogP contribution in [0.5, 0.6) is 0 Å².